The van der Waals surface area contributed by atoms with Crippen molar-refractivity contribution in [3.05, 3.63) is 47.8 Å². The van der Waals surface area contributed by atoms with Gasteiger partial charge in [0.15, 0.2) is 0 Å². The molecule has 146 valence electrons. The maximum absolute atomic E-state index is 12.8. The first-order valence-corrected chi connectivity index (χ1v) is 10.5. The van der Waals surface area contributed by atoms with Gasteiger partial charge in [-0.05, 0) is 31.9 Å². The molecule has 0 radical (unpaired) electrons. The molecule has 8 heteroatoms. The third-order valence-corrected chi connectivity index (χ3v) is 7.22. The van der Waals surface area contributed by atoms with Gasteiger partial charge in [0.05, 0.1) is 11.1 Å². The molecule has 27 heavy (non-hydrogen) atoms. The Morgan fingerprint density at radius 2 is 1.85 bits per heavy atom. The van der Waals surface area contributed by atoms with E-state index in [0.717, 1.165) is 11.3 Å². The highest BCUT2D eigenvalue weighted by molar-refractivity contribution is 7.89. The van der Waals surface area contributed by atoms with Gasteiger partial charge < -0.3 is 4.90 Å². The summed E-state index contributed by atoms with van der Waals surface area (Å²) in [5, 5.41) is 4.21. The lowest BCUT2D eigenvalue weighted by Crippen LogP contribution is -2.43. The number of benzene rings is 1. The van der Waals surface area contributed by atoms with Crippen LogP contribution in [-0.4, -0.2) is 53.4 Å². The topological polar surface area (TPSA) is 75.5 Å². The number of aromatic nitrogens is 2. The molecule has 0 bridgehead atoms. The highest BCUT2D eigenvalue weighted by Crippen LogP contribution is 2.25. The second-order valence-corrected chi connectivity index (χ2v) is 9.00. The van der Waals surface area contributed by atoms with Gasteiger partial charge >= 0.3 is 0 Å². The number of rotatable bonds is 5. The van der Waals surface area contributed by atoms with Gasteiger partial charge in [0.25, 0.3) is 0 Å². The standard InChI is InChI=1S/C19H26N4O3S/c1-15-17(13-20-22(15)3)14-21(2)19(24)16-9-11-23(12-10-16)27(25,26)18-7-5-4-6-8-18/h4-8,13,16H,9-12,14H2,1-3H3. The fourth-order valence-electron chi connectivity index (χ4n) is 3.43. The number of hydrogen-bond donors (Lipinski definition) is 0. The van der Waals surface area contributed by atoms with Crippen molar-refractivity contribution >= 4 is 15.9 Å². The van der Waals surface area contributed by atoms with Gasteiger partial charge in [-0.3, -0.25) is 9.48 Å². The zero-order chi connectivity index (χ0) is 19.6. The second-order valence-electron chi connectivity index (χ2n) is 7.06. The Labute approximate surface area is 160 Å². The van der Waals surface area contributed by atoms with Crippen LogP contribution in [0.2, 0.25) is 0 Å². The Kier molecular flexibility index (Phi) is 5.67. The molecule has 1 amide bonds. The molecular weight excluding hydrogens is 364 g/mol. The first kappa shape index (κ1) is 19.6. The molecule has 1 saturated heterocycles. The average molecular weight is 391 g/mol. The van der Waals surface area contributed by atoms with Crippen LogP contribution in [0, 0.1) is 12.8 Å². The Hall–Kier alpha value is -2.19. The Morgan fingerprint density at radius 3 is 2.41 bits per heavy atom. The summed E-state index contributed by atoms with van der Waals surface area (Å²) in [6.45, 7) is 3.23. The molecule has 3 rings (SSSR count). The van der Waals surface area contributed by atoms with Gasteiger partial charge in [0, 0.05) is 50.9 Å². The van der Waals surface area contributed by atoms with Gasteiger partial charge in [-0.25, -0.2) is 8.42 Å². The average Bonchev–Trinajstić information content (AvgIpc) is 3.00. The number of nitrogens with zero attached hydrogens (tertiary/aromatic N) is 4. The maximum atomic E-state index is 12.8. The van der Waals surface area contributed by atoms with Gasteiger partial charge in [0.1, 0.15) is 0 Å². The minimum atomic E-state index is -3.49. The number of aryl methyl sites for hydroxylation is 1. The van der Waals surface area contributed by atoms with E-state index < -0.39 is 10.0 Å². The largest absolute Gasteiger partial charge is 0.341 e. The van der Waals surface area contributed by atoms with Crippen LogP contribution in [0.4, 0.5) is 0 Å². The zero-order valence-electron chi connectivity index (χ0n) is 16.0. The summed E-state index contributed by atoms with van der Waals surface area (Å²) >= 11 is 0. The van der Waals surface area contributed by atoms with Gasteiger partial charge in [-0.15, -0.1) is 0 Å². The molecule has 1 fully saturated rings. The number of hydrogen-bond acceptors (Lipinski definition) is 4. The fraction of sp³-hybridized carbons (Fsp3) is 0.474. The van der Waals surface area contributed by atoms with E-state index in [1.54, 1.807) is 53.2 Å². The van der Waals surface area contributed by atoms with Crippen molar-refractivity contribution in [3.8, 4) is 0 Å². The van der Waals surface area contributed by atoms with Crippen molar-refractivity contribution in [3.63, 3.8) is 0 Å². The SMILES string of the molecule is Cc1c(CN(C)C(=O)C2CCN(S(=O)(=O)c3ccccc3)CC2)cnn1C. The van der Waals surface area contributed by atoms with Crippen LogP contribution in [-0.2, 0) is 28.4 Å². The zero-order valence-corrected chi connectivity index (χ0v) is 16.8. The molecule has 1 aromatic carbocycles. The van der Waals surface area contributed by atoms with E-state index in [-0.39, 0.29) is 11.8 Å². The van der Waals surface area contributed by atoms with Gasteiger partial charge in [-0.1, -0.05) is 18.2 Å². The van der Waals surface area contributed by atoms with Crippen LogP contribution in [0.5, 0.6) is 0 Å². The lowest BCUT2D eigenvalue weighted by Gasteiger charge is -2.32. The molecule has 0 N–H and O–H groups in total. The van der Waals surface area contributed by atoms with Crippen LogP contribution in [0.15, 0.2) is 41.4 Å². The van der Waals surface area contributed by atoms with Crippen molar-refractivity contribution in [2.75, 3.05) is 20.1 Å². The number of sulfonamides is 1. The summed E-state index contributed by atoms with van der Waals surface area (Å²) in [7, 11) is 0.187. The van der Waals surface area contributed by atoms with Gasteiger partial charge in [-0.2, -0.15) is 9.40 Å². The molecular formula is C19H26N4O3S. The van der Waals surface area contributed by atoms with Crippen molar-refractivity contribution in [2.24, 2.45) is 13.0 Å². The van der Waals surface area contributed by atoms with E-state index in [4.69, 9.17) is 0 Å². The number of amides is 1. The molecule has 7 nitrogen and oxygen atoms in total. The second kappa shape index (κ2) is 7.82. The highest BCUT2D eigenvalue weighted by atomic mass is 32.2. The van der Waals surface area contributed by atoms with E-state index in [0.29, 0.717) is 37.4 Å². The van der Waals surface area contributed by atoms with Crippen LogP contribution in [0.25, 0.3) is 0 Å². The third kappa shape index (κ3) is 4.06. The minimum absolute atomic E-state index is 0.0648. The summed E-state index contributed by atoms with van der Waals surface area (Å²) in [5.41, 5.74) is 2.07. The molecule has 0 spiro atoms. The summed E-state index contributed by atoms with van der Waals surface area (Å²) in [6.07, 6.45) is 2.87. The van der Waals surface area contributed by atoms with Crippen molar-refractivity contribution < 1.29 is 13.2 Å². The monoisotopic (exact) mass is 390 g/mol. The Bertz CT molecular complexity index is 900. The summed E-state index contributed by atoms with van der Waals surface area (Å²) in [4.78, 5) is 14.8. The van der Waals surface area contributed by atoms with E-state index >= 15 is 0 Å². The predicted octanol–water partition coefficient (Wildman–Crippen LogP) is 1.79. The molecule has 1 aliphatic rings. The maximum Gasteiger partial charge on any atom is 0.243 e. The fourth-order valence-corrected chi connectivity index (χ4v) is 4.92. The molecule has 2 heterocycles. The molecule has 1 aliphatic heterocycles. The van der Waals surface area contributed by atoms with Gasteiger partial charge in [0.2, 0.25) is 15.9 Å². The lowest BCUT2D eigenvalue weighted by molar-refractivity contribution is -0.135. The number of carbonyl (C=O) groups excluding carboxylic acids is 1. The molecule has 0 aliphatic carbocycles. The minimum Gasteiger partial charge on any atom is -0.341 e. The van der Waals surface area contributed by atoms with E-state index in [9.17, 15) is 13.2 Å². The number of piperidine rings is 1. The first-order valence-electron chi connectivity index (χ1n) is 9.08. The summed E-state index contributed by atoms with van der Waals surface area (Å²) in [5.74, 6) is -0.0794. The van der Waals surface area contributed by atoms with Crippen molar-refractivity contribution in [2.45, 2.75) is 31.2 Å². The van der Waals surface area contributed by atoms with Crippen LogP contribution in [0.3, 0.4) is 0 Å². The predicted molar refractivity (Wildman–Crippen MR) is 102 cm³/mol. The molecule has 1 aromatic heterocycles. The third-order valence-electron chi connectivity index (χ3n) is 5.30. The van der Waals surface area contributed by atoms with E-state index in [1.165, 1.54) is 4.31 Å². The van der Waals surface area contributed by atoms with E-state index in [2.05, 4.69) is 5.10 Å². The Morgan fingerprint density at radius 1 is 1.22 bits per heavy atom. The highest BCUT2D eigenvalue weighted by Gasteiger charge is 2.33. The lowest BCUT2D eigenvalue weighted by atomic mass is 9.96. The molecule has 0 unspecified atom stereocenters. The summed E-state index contributed by atoms with van der Waals surface area (Å²) in [6, 6.07) is 8.45. The van der Waals surface area contributed by atoms with Crippen molar-refractivity contribution in [1.29, 1.82) is 0 Å². The smallest absolute Gasteiger partial charge is 0.243 e. The van der Waals surface area contributed by atoms with E-state index in [1.807, 2.05) is 14.0 Å². The molecule has 0 saturated carbocycles. The molecule has 0 atom stereocenters. The number of carbonyl (C=O) groups is 1. The van der Waals surface area contributed by atoms with Crippen LogP contribution < -0.4 is 0 Å². The van der Waals surface area contributed by atoms with Crippen LogP contribution >= 0.6 is 0 Å². The summed E-state index contributed by atoms with van der Waals surface area (Å²) < 4.78 is 28.7. The van der Waals surface area contributed by atoms with Crippen molar-refractivity contribution in [1.82, 2.24) is 19.0 Å². The van der Waals surface area contributed by atoms with Crippen LogP contribution in [0.1, 0.15) is 24.1 Å². The first-order chi connectivity index (χ1) is 12.8. The molecule has 2 aromatic rings. The normalized spacial score (nSPS) is 16.4. The Balaban J connectivity index is 1.60. The quantitative estimate of drug-likeness (QED) is 0.780.